The Kier molecular flexibility index (Phi) is 6.85. The highest BCUT2D eigenvalue weighted by Crippen LogP contribution is 2.19. The number of aromatic nitrogens is 1. The van der Waals surface area contributed by atoms with Crippen LogP contribution in [-0.2, 0) is 22.6 Å². The molecule has 1 unspecified atom stereocenters. The Balaban J connectivity index is 1.33. The quantitative estimate of drug-likeness (QED) is 0.333. The normalized spacial score (nSPS) is 12.0. The van der Waals surface area contributed by atoms with Crippen molar-refractivity contribution in [2.45, 2.75) is 19.1 Å². The van der Waals surface area contributed by atoms with Gasteiger partial charge in [-0.15, -0.1) is 0 Å². The second kappa shape index (κ2) is 10.3. The summed E-state index contributed by atoms with van der Waals surface area (Å²) < 4.78 is 5.76. The number of fused-ring (bicyclic) bond motifs is 1. The van der Waals surface area contributed by atoms with Gasteiger partial charge in [-0.3, -0.25) is 4.79 Å². The maximum Gasteiger partial charge on any atom is 0.326 e. The summed E-state index contributed by atoms with van der Waals surface area (Å²) in [6, 6.07) is 23.8. The number of nitrogens with one attached hydrogen (secondary N) is 2. The third kappa shape index (κ3) is 5.89. The average Bonchev–Trinajstić information content (AvgIpc) is 3.25. The number of aliphatic carboxylic acids is 1. The minimum atomic E-state index is -1.08. The topological polar surface area (TPSA) is 91.4 Å². The number of ether oxygens (including phenoxy) is 1. The Morgan fingerprint density at radius 3 is 2.45 bits per heavy atom. The minimum Gasteiger partial charge on any atom is -0.489 e. The Bertz CT molecular complexity index is 1260. The minimum absolute atomic E-state index is 0.187. The van der Waals surface area contributed by atoms with Crippen molar-refractivity contribution < 1.29 is 19.4 Å². The van der Waals surface area contributed by atoms with E-state index in [1.807, 2.05) is 78.9 Å². The number of carbonyl (C=O) groups is 2. The third-order valence-electron chi connectivity index (χ3n) is 5.27. The van der Waals surface area contributed by atoms with Crippen LogP contribution in [0.4, 0.5) is 0 Å². The molecule has 166 valence electrons. The van der Waals surface area contributed by atoms with Gasteiger partial charge in [-0.2, -0.15) is 0 Å². The number of benzene rings is 3. The molecule has 0 saturated heterocycles. The summed E-state index contributed by atoms with van der Waals surface area (Å²) in [5.74, 6) is -0.821. The average molecular weight is 440 g/mol. The number of carbonyl (C=O) groups excluding carboxylic acids is 1. The van der Waals surface area contributed by atoms with E-state index in [2.05, 4.69) is 10.3 Å². The van der Waals surface area contributed by atoms with Gasteiger partial charge in [-0.05, 0) is 41.0 Å². The fourth-order valence-electron chi connectivity index (χ4n) is 3.53. The molecule has 33 heavy (non-hydrogen) atoms. The van der Waals surface area contributed by atoms with Crippen molar-refractivity contribution in [2.75, 3.05) is 0 Å². The number of carboxylic acid groups (broad SMARTS) is 1. The smallest absolute Gasteiger partial charge is 0.326 e. The van der Waals surface area contributed by atoms with E-state index >= 15 is 0 Å². The monoisotopic (exact) mass is 440 g/mol. The van der Waals surface area contributed by atoms with Gasteiger partial charge in [0.15, 0.2) is 0 Å². The molecule has 4 rings (SSSR count). The zero-order chi connectivity index (χ0) is 23.0. The van der Waals surface area contributed by atoms with E-state index in [0.29, 0.717) is 6.61 Å². The summed E-state index contributed by atoms with van der Waals surface area (Å²) in [7, 11) is 0. The van der Waals surface area contributed by atoms with Crippen molar-refractivity contribution in [3.63, 3.8) is 0 Å². The molecule has 1 amide bonds. The second-order valence-electron chi connectivity index (χ2n) is 7.64. The van der Waals surface area contributed by atoms with E-state index in [1.165, 1.54) is 6.08 Å². The molecule has 0 spiro atoms. The van der Waals surface area contributed by atoms with Crippen molar-refractivity contribution in [3.05, 3.63) is 108 Å². The zero-order valence-electron chi connectivity index (χ0n) is 17.9. The van der Waals surface area contributed by atoms with Gasteiger partial charge in [0.05, 0.1) is 0 Å². The molecule has 6 heteroatoms. The molecule has 3 aromatic carbocycles. The molecule has 0 radical (unpaired) electrons. The second-order valence-corrected chi connectivity index (χ2v) is 7.64. The molecule has 0 bridgehead atoms. The number of amides is 1. The zero-order valence-corrected chi connectivity index (χ0v) is 17.9. The van der Waals surface area contributed by atoms with E-state index in [0.717, 1.165) is 33.3 Å². The number of hydrogen-bond donors (Lipinski definition) is 3. The van der Waals surface area contributed by atoms with Crippen molar-refractivity contribution in [3.8, 4) is 5.75 Å². The van der Waals surface area contributed by atoms with Gasteiger partial charge in [0.2, 0.25) is 5.91 Å². The first-order valence-electron chi connectivity index (χ1n) is 10.6. The predicted octanol–water partition coefficient (Wildman–Crippen LogP) is 4.57. The van der Waals surface area contributed by atoms with Crippen molar-refractivity contribution in [1.29, 1.82) is 0 Å². The van der Waals surface area contributed by atoms with Crippen molar-refractivity contribution in [1.82, 2.24) is 10.3 Å². The van der Waals surface area contributed by atoms with E-state index in [-0.39, 0.29) is 6.42 Å². The summed E-state index contributed by atoms with van der Waals surface area (Å²) >= 11 is 0. The van der Waals surface area contributed by atoms with Gasteiger partial charge in [0.25, 0.3) is 0 Å². The molecule has 6 nitrogen and oxygen atoms in total. The van der Waals surface area contributed by atoms with E-state index in [9.17, 15) is 14.7 Å². The Morgan fingerprint density at radius 2 is 1.70 bits per heavy atom. The first-order chi connectivity index (χ1) is 16.1. The number of aromatic amines is 1. The maximum absolute atomic E-state index is 12.4. The van der Waals surface area contributed by atoms with Crippen molar-refractivity contribution in [2.24, 2.45) is 0 Å². The molecular formula is C27H24N2O4. The molecule has 0 saturated carbocycles. The summed E-state index contributed by atoms with van der Waals surface area (Å²) in [5, 5.41) is 13.1. The fourth-order valence-corrected chi connectivity index (χ4v) is 3.53. The molecule has 1 heterocycles. The lowest BCUT2D eigenvalue weighted by Gasteiger charge is -2.13. The van der Waals surface area contributed by atoms with Gasteiger partial charge in [0.1, 0.15) is 18.4 Å². The molecular weight excluding hydrogens is 416 g/mol. The van der Waals surface area contributed by atoms with Crippen LogP contribution >= 0.6 is 0 Å². The summed E-state index contributed by atoms with van der Waals surface area (Å²) in [5.41, 5.74) is 3.66. The largest absolute Gasteiger partial charge is 0.489 e. The number of para-hydroxylation sites is 1. The van der Waals surface area contributed by atoms with Crippen LogP contribution in [0.1, 0.15) is 16.7 Å². The first-order valence-corrected chi connectivity index (χ1v) is 10.6. The lowest BCUT2D eigenvalue weighted by atomic mass is 10.0. The van der Waals surface area contributed by atoms with E-state index in [1.54, 1.807) is 12.3 Å². The Morgan fingerprint density at radius 1 is 0.970 bits per heavy atom. The summed E-state index contributed by atoms with van der Waals surface area (Å²) in [6.07, 6.45) is 4.95. The van der Waals surface area contributed by atoms with Crippen LogP contribution < -0.4 is 10.1 Å². The van der Waals surface area contributed by atoms with Crippen LogP contribution in [0.15, 0.2) is 91.1 Å². The van der Waals surface area contributed by atoms with Gasteiger partial charge in [-0.1, -0.05) is 60.7 Å². The number of hydrogen-bond acceptors (Lipinski definition) is 3. The highest BCUT2D eigenvalue weighted by atomic mass is 16.5. The van der Waals surface area contributed by atoms with Crippen molar-refractivity contribution >= 4 is 28.9 Å². The standard InChI is InChI=1S/C27H24N2O4/c30-26(29-25(27(31)32)16-21-17-28-24-9-5-4-8-23(21)24)15-12-19-10-13-22(14-11-19)33-18-20-6-2-1-3-7-20/h1-15,17,25,28H,16,18H2,(H,29,30)(H,31,32)/b15-12+. The fraction of sp³-hybridized carbons (Fsp3) is 0.111. The van der Waals surface area contributed by atoms with Crippen LogP contribution in [0.25, 0.3) is 17.0 Å². The summed E-state index contributed by atoms with van der Waals surface area (Å²) in [4.78, 5) is 27.2. The van der Waals surface area contributed by atoms with Crippen LogP contribution in [0.3, 0.4) is 0 Å². The molecule has 1 atom stereocenters. The predicted molar refractivity (Wildman–Crippen MR) is 128 cm³/mol. The van der Waals surface area contributed by atoms with Gasteiger partial charge in [0, 0.05) is 29.6 Å². The lowest BCUT2D eigenvalue weighted by molar-refractivity contribution is -0.141. The highest BCUT2D eigenvalue weighted by molar-refractivity contribution is 5.94. The van der Waals surface area contributed by atoms with E-state index < -0.39 is 17.9 Å². The Hall–Kier alpha value is -4.32. The third-order valence-corrected chi connectivity index (χ3v) is 5.27. The van der Waals surface area contributed by atoms with Crippen LogP contribution in [-0.4, -0.2) is 28.0 Å². The molecule has 4 aromatic rings. The van der Waals surface area contributed by atoms with Gasteiger partial charge < -0.3 is 20.1 Å². The van der Waals surface area contributed by atoms with E-state index in [4.69, 9.17) is 4.74 Å². The van der Waals surface area contributed by atoms with Crippen LogP contribution in [0.2, 0.25) is 0 Å². The van der Waals surface area contributed by atoms with Gasteiger partial charge in [-0.25, -0.2) is 4.79 Å². The highest BCUT2D eigenvalue weighted by Gasteiger charge is 2.21. The lowest BCUT2D eigenvalue weighted by Crippen LogP contribution is -2.41. The molecule has 0 fully saturated rings. The molecule has 3 N–H and O–H groups in total. The summed E-state index contributed by atoms with van der Waals surface area (Å²) in [6.45, 7) is 0.478. The van der Waals surface area contributed by atoms with Gasteiger partial charge >= 0.3 is 5.97 Å². The first kappa shape index (κ1) is 21.9. The number of carboxylic acids is 1. The molecule has 0 aliphatic carbocycles. The molecule has 0 aliphatic rings. The SMILES string of the molecule is O=C(/C=C/c1ccc(OCc2ccccc2)cc1)NC(Cc1c[nH]c2ccccc12)C(=O)O. The number of H-pyrrole nitrogens is 1. The Labute approximate surface area is 191 Å². The number of rotatable bonds is 9. The van der Waals surface area contributed by atoms with Crippen LogP contribution in [0, 0.1) is 0 Å². The van der Waals surface area contributed by atoms with Crippen LogP contribution in [0.5, 0.6) is 5.75 Å². The molecule has 1 aromatic heterocycles. The maximum atomic E-state index is 12.4. The molecule has 0 aliphatic heterocycles.